The van der Waals surface area contributed by atoms with Crippen LogP contribution in [0.15, 0.2) is 59.3 Å². The van der Waals surface area contributed by atoms with Gasteiger partial charge in [-0.1, -0.05) is 42.5 Å². The second-order valence-electron chi connectivity index (χ2n) is 5.05. The molecule has 20 heavy (non-hydrogen) atoms. The van der Waals surface area contributed by atoms with Gasteiger partial charge in [-0.2, -0.15) is 11.3 Å². The molecule has 3 aromatic rings. The number of nitrogens with zero attached hydrogens (tertiary/aromatic N) is 1. The monoisotopic (exact) mass is 282 g/mol. The summed E-state index contributed by atoms with van der Waals surface area (Å²) in [4.78, 5) is 0. The predicted molar refractivity (Wildman–Crippen MR) is 86.4 cm³/mol. The van der Waals surface area contributed by atoms with Gasteiger partial charge in [0.05, 0.1) is 0 Å². The van der Waals surface area contributed by atoms with Crippen molar-refractivity contribution in [1.82, 2.24) is 5.01 Å². The van der Waals surface area contributed by atoms with Crippen LogP contribution in [0.3, 0.4) is 0 Å². The molecule has 0 aliphatic rings. The zero-order valence-electron chi connectivity index (χ0n) is 11.5. The van der Waals surface area contributed by atoms with Gasteiger partial charge in [0.1, 0.15) is 0 Å². The Balaban J connectivity index is 1.90. The van der Waals surface area contributed by atoms with Gasteiger partial charge in [-0.25, -0.2) is 5.01 Å². The van der Waals surface area contributed by atoms with E-state index in [0.29, 0.717) is 0 Å². The zero-order valence-corrected chi connectivity index (χ0v) is 12.3. The van der Waals surface area contributed by atoms with E-state index in [9.17, 15) is 0 Å². The molecular weight excluding hydrogens is 264 g/mol. The number of nitrogens with two attached hydrogens (primary N) is 1. The van der Waals surface area contributed by atoms with E-state index in [-0.39, 0.29) is 6.04 Å². The van der Waals surface area contributed by atoms with Crippen LogP contribution in [0.25, 0.3) is 10.8 Å². The third kappa shape index (κ3) is 2.61. The maximum atomic E-state index is 6.27. The number of thiophene rings is 1. The fraction of sp³-hybridized carbons (Fsp3) is 0.176. The summed E-state index contributed by atoms with van der Waals surface area (Å²) >= 11 is 1.71. The fourth-order valence-corrected chi connectivity index (χ4v) is 3.18. The summed E-state index contributed by atoms with van der Waals surface area (Å²) < 4.78 is 0. The Bertz CT molecular complexity index is 686. The lowest BCUT2D eigenvalue weighted by Crippen LogP contribution is -2.33. The first-order valence-corrected chi connectivity index (χ1v) is 7.70. The van der Waals surface area contributed by atoms with Crippen LogP contribution in [0.2, 0.25) is 0 Å². The van der Waals surface area contributed by atoms with Gasteiger partial charge in [-0.15, -0.1) is 0 Å². The standard InChI is InChI=1S/C17H18N2S/c1-13(19(18)11-14-9-10-20-12-14)16-8-4-6-15-5-2-3-7-17(15)16/h2-10,12-13H,11,18H2,1H3/t13-/m1/s1. The molecule has 0 saturated heterocycles. The van der Waals surface area contributed by atoms with Gasteiger partial charge in [-0.3, -0.25) is 5.84 Å². The van der Waals surface area contributed by atoms with Gasteiger partial charge in [0.2, 0.25) is 0 Å². The highest BCUT2D eigenvalue weighted by Crippen LogP contribution is 2.27. The maximum absolute atomic E-state index is 6.27. The van der Waals surface area contributed by atoms with Crippen molar-refractivity contribution < 1.29 is 0 Å². The number of hydrogen-bond donors (Lipinski definition) is 1. The van der Waals surface area contributed by atoms with E-state index in [2.05, 4.69) is 66.2 Å². The quantitative estimate of drug-likeness (QED) is 0.570. The Morgan fingerprint density at radius 2 is 1.90 bits per heavy atom. The van der Waals surface area contributed by atoms with E-state index >= 15 is 0 Å². The lowest BCUT2D eigenvalue weighted by Gasteiger charge is -2.25. The molecule has 102 valence electrons. The second kappa shape index (κ2) is 5.75. The summed E-state index contributed by atoms with van der Waals surface area (Å²) in [6.45, 7) is 2.93. The largest absolute Gasteiger partial charge is 0.268 e. The van der Waals surface area contributed by atoms with E-state index in [0.717, 1.165) is 6.54 Å². The van der Waals surface area contributed by atoms with Gasteiger partial charge in [0, 0.05) is 12.6 Å². The van der Waals surface area contributed by atoms with Crippen LogP contribution in [-0.2, 0) is 6.54 Å². The van der Waals surface area contributed by atoms with Crippen molar-refractivity contribution in [2.75, 3.05) is 0 Å². The van der Waals surface area contributed by atoms with Gasteiger partial charge >= 0.3 is 0 Å². The number of benzene rings is 2. The van der Waals surface area contributed by atoms with E-state index < -0.39 is 0 Å². The molecule has 2 nitrogen and oxygen atoms in total. The van der Waals surface area contributed by atoms with Crippen molar-refractivity contribution in [1.29, 1.82) is 0 Å². The Morgan fingerprint density at radius 3 is 2.70 bits per heavy atom. The molecule has 0 spiro atoms. The van der Waals surface area contributed by atoms with Crippen LogP contribution >= 0.6 is 11.3 Å². The third-order valence-corrected chi connectivity index (χ3v) is 4.45. The number of rotatable bonds is 4. The molecule has 2 aromatic carbocycles. The highest BCUT2D eigenvalue weighted by atomic mass is 32.1. The molecule has 0 fully saturated rings. The lowest BCUT2D eigenvalue weighted by molar-refractivity contribution is 0.208. The minimum absolute atomic E-state index is 0.181. The molecular formula is C17H18N2S. The molecule has 0 unspecified atom stereocenters. The van der Waals surface area contributed by atoms with Crippen LogP contribution in [0, 0.1) is 0 Å². The zero-order chi connectivity index (χ0) is 13.9. The molecule has 1 aromatic heterocycles. The summed E-state index contributed by atoms with van der Waals surface area (Å²) in [5.41, 5.74) is 2.55. The smallest absolute Gasteiger partial charge is 0.0472 e. The van der Waals surface area contributed by atoms with E-state index in [1.807, 2.05) is 5.01 Å². The lowest BCUT2D eigenvalue weighted by atomic mass is 9.99. The van der Waals surface area contributed by atoms with Gasteiger partial charge in [0.15, 0.2) is 0 Å². The minimum Gasteiger partial charge on any atom is -0.268 e. The highest BCUT2D eigenvalue weighted by molar-refractivity contribution is 7.07. The predicted octanol–water partition coefficient (Wildman–Crippen LogP) is 4.34. The molecule has 0 radical (unpaired) electrons. The van der Waals surface area contributed by atoms with Gasteiger partial charge < -0.3 is 0 Å². The Labute approximate surface area is 123 Å². The van der Waals surface area contributed by atoms with Crippen molar-refractivity contribution in [3.8, 4) is 0 Å². The van der Waals surface area contributed by atoms with Gasteiger partial charge in [0.25, 0.3) is 0 Å². The maximum Gasteiger partial charge on any atom is 0.0472 e. The Morgan fingerprint density at radius 1 is 1.10 bits per heavy atom. The third-order valence-electron chi connectivity index (χ3n) is 3.72. The molecule has 0 saturated carbocycles. The summed E-state index contributed by atoms with van der Waals surface area (Å²) in [5, 5.41) is 8.69. The topological polar surface area (TPSA) is 29.3 Å². The van der Waals surface area contributed by atoms with Gasteiger partial charge in [-0.05, 0) is 45.6 Å². The van der Waals surface area contributed by atoms with E-state index in [1.165, 1.54) is 21.9 Å². The van der Waals surface area contributed by atoms with Crippen molar-refractivity contribution in [3.05, 3.63) is 70.4 Å². The first kappa shape index (κ1) is 13.3. The number of hydrogen-bond acceptors (Lipinski definition) is 3. The fourth-order valence-electron chi connectivity index (χ4n) is 2.52. The van der Waals surface area contributed by atoms with E-state index in [1.54, 1.807) is 11.3 Å². The van der Waals surface area contributed by atoms with E-state index in [4.69, 9.17) is 5.84 Å². The summed E-state index contributed by atoms with van der Waals surface area (Å²) in [7, 11) is 0. The summed E-state index contributed by atoms with van der Waals surface area (Å²) in [6, 6.07) is 17.2. The second-order valence-corrected chi connectivity index (χ2v) is 5.83. The highest BCUT2D eigenvalue weighted by Gasteiger charge is 2.15. The van der Waals surface area contributed by atoms with Crippen molar-refractivity contribution in [3.63, 3.8) is 0 Å². The Kier molecular flexibility index (Phi) is 3.83. The first-order chi connectivity index (χ1) is 9.75. The molecule has 0 bridgehead atoms. The Hall–Kier alpha value is -1.68. The molecule has 3 heteroatoms. The van der Waals surface area contributed by atoms with Crippen LogP contribution in [0.1, 0.15) is 24.1 Å². The molecule has 1 heterocycles. The number of fused-ring (bicyclic) bond motifs is 1. The minimum atomic E-state index is 0.181. The molecule has 3 rings (SSSR count). The number of hydrazine groups is 1. The molecule has 0 aliphatic heterocycles. The summed E-state index contributed by atoms with van der Waals surface area (Å²) in [5.74, 6) is 6.27. The van der Waals surface area contributed by atoms with Crippen molar-refractivity contribution >= 4 is 22.1 Å². The SMILES string of the molecule is C[C@H](c1cccc2ccccc12)N(N)Cc1ccsc1. The van der Waals surface area contributed by atoms with Crippen molar-refractivity contribution in [2.24, 2.45) is 5.84 Å². The summed E-state index contributed by atoms with van der Waals surface area (Å²) in [6.07, 6.45) is 0. The average Bonchev–Trinajstić information content (AvgIpc) is 2.99. The van der Waals surface area contributed by atoms with Crippen LogP contribution in [0.4, 0.5) is 0 Å². The first-order valence-electron chi connectivity index (χ1n) is 6.76. The van der Waals surface area contributed by atoms with Crippen molar-refractivity contribution in [2.45, 2.75) is 19.5 Å². The van der Waals surface area contributed by atoms with Crippen LogP contribution < -0.4 is 5.84 Å². The molecule has 0 aliphatic carbocycles. The molecule has 1 atom stereocenters. The van der Waals surface area contributed by atoms with Crippen LogP contribution in [0.5, 0.6) is 0 Å². The normalized spacial score (nSPS) is 12.9. The molecule has 2 N–H and O–H groups in total. The molecule has 0 amide bonds. The average molecular weight is 282 g/mol. The van der Waals surface area contributed by atoms with Crippen LogP contribution in [-0.4, -0.2) is 5.01 Å².